The van der Waals surface area contributed by atoms with E-state index in [1.165, 1.54) is 0 Å². The van der Waals surface area contributed by atoms with Crippen LogP contribution in [0.3, 0.4) is 0 Å². The average molecular weight is 247 g/mol. The maximum Gasteiger partial charge on any atom is 0.323 e. The fourth-order valence-corrected chi connectivity index (χ4v) is 3.02. The van der Waals surface area contributed by atoms with Gasteiger partial charge in [-0.2, -0.15) is 4.98 Å². The number of nitrogens with one attached hydrogen (secondary N) is 1. The predicted molar refractivity (Wildman–Crippen MR) is 67.7 cm³/mol. The van der Waals surface area contributed by atoms with Crippen LogP contribution in [0.2, 0.25) is 0 Å². The smallest absolute Gasteiger partial charge is 0.323 e. The number of ether oxygens (including phenoxy) is 1. The molecular formula is C13H17N3O2. The zero-order valence-electron chi connectivity index (χ0n) is 10.4. The van der Waals surface area contributed by atoms with Crippen LogP contribution in [0, 0.1) is 0 Å². The second kappa shape index (κ2) is 4.48. The molecule has 2 aliphatic heterocycles. The second-order valence-electron chi connectivity index (χ2n) is 4.86. The summed E-state index contributed by atoms with van der Waals surface area (Å²) in [5.41, 5.74) is 0. The Labute approximate surface area is 106 Å². The SMILES string of the molecule is COc1cccc(NC(=O)N2C3CCC2CC3)n1. The lowest BCUT2D eigenvalue weighted by molar-refractivity contribution is 0.205. The first-order chi connectivity index (χ1) is 8.78. The summed E-state index contributed by atoms with van der Waals surface area (Å²) in [6, 6.07) is 6.19. The molecule has 2 fully saturated rings. The van der Waals surface area contributed by atoms with Crippen molar-refractivity contribution in [3.8, 4) is 5.88 Å². The maximum absolute atomic E-state index is 12.2. The molecule has 5 heteroatoms. The van der Waals surface area contributed by atoms with Gasteiger partial charge in [0.1, 0.15) is 5.82 Å². The molecular weight excluding hydrogens is 230 g/mol. The molecule has 2 amide bonds. The number of hydrogen-bond acceptors (Lipinski definition) is 3. The molecule has 2 saturated heterocycles. The first-order valence-corrected chi connectivity index (χ1v) is 6.38. The van der Waals surface area contributed by atoms with Crippen molar-refractivity contribution in [3.05, 3.63) is 18.2 Å². The van der Waals surface area contributed by atoms with E-state index < -0.39 is 0 Å². The van der Waals surface area contributed by atoms with Gasteiger partial charge in [-0.05, 0) is 31.7 Å². The summed E-state index contributed by atoms with van der Waals surface area (Å²) in [5.74, 6) is 1.06. The summed E-state index contributed by atoms with van der Waals surface area (Å²) >= 11 is 0. The Morgan fingerprint density at radius 3 is 2.61 bits per heavy atom. The summed E-state index contributed by atoms with van der Waals surface area (Å²) in [6.45, 7) is 0. The minimum absolute atomic E-state index is 0.0271. The van der Waals surface area contributed by atoms with Crippen molar-refractivity contribution in [1.82, 2.24) is 9.88 Å². The zero-order chi connectivity index (χ0) is 12.5. The Morgan fingerprint density at radius 1 is 1.33 bits per heavy atom. The zero-order valence-corrected chi connectivity index (χ0v) is 10.4. The lowest BCUT2D eigenvalue weighted by Gasteiger charge is -2.22. The van der Waals surface area contributed by atoms with Crippen LogP contribution in [0.25, 0.3) is 0 Å². The van der Waals surface area contributed by atoms with Crippen LogP contribution >= 0.6 is 0 Å². The Hall–Kier alpha value is -1.78. The number of methoxy groups -OCH3 is 1. The van der Waals surface area contributed by atoms with Gasteiger partial charge in [0.05, 0.1) is 7.11 Å². The first-order valence-electron chi connectivity index (χ1n) is 6.38. The predicted octanol–water partition coefficient (Wildman–Crippen LogP) is 2.25. The number of urea groups is 1. The molecule has 5 nitrogen and oxygen atoms in total. The number of pyridine rings is 1. The quantitative estimate of drug-likeness (QED) is 0.872. The van der Waals surface area contributed by atoms with Crippen LogP contribution < -0.4 is 10.1 Å². The van der Waals surface area contributed by atoms with E-state index in [1.54, 1.807) is 19.2 Å². The monoisotopic (exact) mass is 247 g/mol. The van der Waals surface area contributed by atoms with Crippen molar-refractivity contribution < 1.29 is 9.53 Å². The van der Waals surface area contributed by atoms with E-state index in [1.807, 2.05) is 11.0 Å². The fourth-order valence-electron chi connectivity index (χ4n) is 3.02. The van der Waals surface area contributed by atoms with Crippen molar-refractivity contribution in [2.75, 3.05) is 12.4 Å². The molecule has 3 heterocycles. The van der Waals surface area contributed by atoms with E-state index in [4.69, 9.17) is 4.74 Å². The molecule has 18 heavy (non-hydrogen) atoms. The molecule has 1 aromatic rings. The van der Waals surface area contributed by atoms with Gasteiger partial charge in [-0.3, -0.25) is 5.32 Å². The van der Waals surface area contributed by atoms with Crippen molar-refractivity contribution in [3.63, 3.8) is 0 Å². The molecule has 0 radical (unpaired) electrons. The molecule has 1 aromatic heterocycles. The van der Waals surface area contributed by atoms with Crippen LogP contribution in [0.1, 0.15) is 25.7 Å². The standard InChI is InChI=1S/C13H17N3O2/c1-18-12-4-2-3-11(14-12)15-13(17)16-9-5-6-10(16)8-7-9/h2-4,9-10H,5-8H2,1H3,(H,14,15,17). The van der Waals surface area contributed by atoms with E-state index >= 15 is 0 Å². The van der Waals surface area contributed by atoms with E-state index in [2.05, 4.69) is 10.3 Å². The average Bonchev–Trinajstić information content (AvgIpc) is 2.98. The molecule has 2 aliphatic rings. The number of rotatable bonds is 2. The number of carbonyl (C=O) groups excluding carboxylic acids is 1. The van der Waals surface area contributed by atoms with Crippen LogP contribution in [0.15, 0.2) is 18.2 Å². The third-order valence-corrected chi connectivity index (χ3v) is 3.86. The molecule has 2 bridgehead atoms. The summed E-state index contributed by atoms with van der Waals surface area (Å²) in [6.07, 6.45) is 4.57. The van der Waals surface area contributed by atoms with Crippen LogP contribution in [-0.2, 0) is 0 Å². The maximum atomic E-state index is 12.2. The fraction of sp³-hybridized carbons (Fsp3) is 0.538. The number of amides is 2. The highest BCUT2D eigenvalue weighted by molar-refractivity contribution is 5.89. The van der Waals surface area contributed by atoms with Crippen molar-refractivity contribution in [1.29, 1.82) is 0 Å². The molecule has 96 valence electrons. The molecule has 3 rings (SSSR count). The Balaban J connectivity index is 1.70. The van der Waals surface area contributed by atoms with Gasteiger partial charge in [0.15, 0.2) is 0 Å². The highest BCUT2D eigenvalue weighted by atomic mass is 16.5. The normalized spacial score (nSPS) is 25.3. The van der Waals surface area contributed by atoms with E-state index in [-0.39, 0.29) is 6.03 Å². The van der Waals surface area contributed by atoms with Gasteiger partial charge >= 0.3 is 6.03 Å². The van der Waals surface area contributed by atoms with Gasteiger partial charge in [0.25, 0.3) is 0 Å². The molecule has 0 aliphatic carbocycles. The van der Waals surface area contributed by atoms with Gasteiger partial charge in [-0.15, -0.1) is 0 Å². The molecule has 0 aromatic carbocycles. The van der Waals surface area contributed by atoms with E-state index in [9.17, 15) is 4.79 Å². The molecule has 0 spiro atoms. The lowest BCUT2D eigenvalue weighted by atomic mass is 10.0. The number of hydrogen-bond donors (Lipinski definition) is 1. The Morgan fingerprint density at radius 2 is 2.00 bits per heavy atom. The topological polar surface area (TPSA) is 54.5 Å². The van der Waals surface area contributed by atoms with Crippen LogP contribution in [-0.4, -0.2) is 35.1 Å². The van der Waals surface area contributed by atoms with Crippen LogP contribution in [0.4, 0.5) is 10.6 Å². The largest absolute Gasteiger partial charge is 0.481 e. The molecule has 1 N–H and O–H groups in total. The van der Waals surface area contributed by atoms with Crippen LogP contribution in [0.5, 0.6) is 5.88 Å². The van der Waals surface area contributed by atoms with Gasteiger partial charge in [-0.1, -0.05) is 6.07 Å². The molecule has 0 unspecified atom stereocenters. The molecule has 0 saturated carbocycles. The van der Waals surface area contributed by atoms with Crippen molar-refractivity contribution in [2.45, 2.75) is 37.8 Å². The summed E-state index contributed by atoms with van der Waals surface area (Å²) in [4.78, 5) is 18.4. The van der Waals surface area contributed by atoms with Gasteiger partial charge < -0.3 is 9.64 Å². The van der Waals surface area contributed by atoms with Crippen molar-refractivity contribution >= 4 is 11.8 Å². The summed E-state index contributed by atoms with van der Waals surface area (Å²) in [7, 11) is 1.56. The highest BCUT2D eigenvalue weighted by Gasteiger charge is 2.42. The van der Waals surface area contributed by atoms with Crippen molar-refractivity contribution in [2.24, 2.45) is 0 Å². The van der Waals surface area contributed by atoms with E-state index in [0.717, 1.165) is 25.7 Å². The first kappa shape index (κ1) is 11.3. The number of fused-ring (bicyclic) bond motifs is 2. The minimum atomic E-state index is -0.0271. The Bertz CT molecular complexity index is 443. The van der Waals surface area contributed by atoms with Gasteiger partial charge in [0, 0.05) is 18.2 Å². The third-order valence-electron chi connectivity index (χ3n) is 3.86. The molecule has 0 atom stereocenters. The summed E-state index contributed by atoms with van der Waals surface area (Å²) in [5, 5.41) is 2.86. The van der Waals surface area contributed by atoms with Gasteiger partial charge in [-0.25, -0.2) is 4.79 Å². The lowest BCUT2D eigenvalue weighted by Crippen LogP contribution is -2.38. The minimum Gasteiger partial charge on any atom is -0.481 e. The van der Waals surface area contributed by atoms with E-state index in [0.29, 0.717) is 23.8 Å². The number of carbonyl (C=O) groups is 1. The number of anilines is 1. The third kappa shape index (κ3) is 1.89. The van der Waals surface area contributed by atoms with Gasteiger partial charge in [0.2, 0.25) is 5.88 Å². The Kier molecular flexibility index (Phi) is 2.81. The second-order valence-corrected chi connectivity index (χ2v) is 4.86. The summed E-state index contributed by atoms with van der Waals surface area (Å²) < 4.78 is 5.04. The number of nitrogens with zero attached hydrogens (tertiary/aromatic N) is 2. The number of aromatic nitrogens is 1. The highest BCUT2D eigenvalue weighted by Crippen LogP contribution is 2.37.